The predicted octanol–water partition coefficient (Wildman–Crippen LogP) is 5.40. The molecule has 0 spiro atoms. The molecule has 1 N–H and O–H groups in total. The van der Waals surface area contributed by atoms with Crippen LogP contribution < -0.4 is 0 Å². The van der Waals surface area contributed by atoms with Crippen molar-refractivity contribution in [2.24, 2.45) is 40.4 Å². The van der Waals surface area contributed by atoms with E-state index < -0.39 is 5.60 Å². The molecule has 0 radical (unpaired) electrons. The fourth-order valence-electron chi connectivity index (χ4n) is 7.73. The molecule has 0 aromatic carbocycles. The van der Waals surface area contributed by atoms with Crippen molar-refractivity contribution in [1.29, 1.82) is 0 Å². The zero-order chi connectivity index (χ0) is 18.9. The average Bonchev–Trinajstić information content (AvgIpc) is 2.87. The van der Waals surface area contributed by atoms with E-state index in [1.165, 1.54) is 5.57 Å². The minimum Gasteiger partial charge on any atom is -0.390 e. The molecular weight excluding hydrogens is 459 g/mol. The average molecular weight is 491 g/mol. The zero-order valence-electron chi connectivity index (χ0n) is 16.2. The molecule has 4 rings (SSSR count). The maximum atomic E-state index is 12.1. The van der Waals surface area contributed by atoms with Crippen LogP contribution in [0.2, 0.25) is 0 Å². The van der Waals surface area contributed by atoms with Crippen molar-refractivity contribution in [3.05, 3.63) is 11.6 Å². The second kappa shape index (κ2) is 6.45. The predicted molar refractivity (Wildman–Crippen MR) is 115 cm³/mol. The molecule has 0 saturated heterocycles. The first-order valence-corrected chi connectivity index (χ1v) is 12.3. The molecule has 0 aromatic heterocycles. The van der Waals surface area contributed by atoms with Crippen molar-refractivity contribution in [1.82, 2.24) is 0 Å². The summed E-state index contributed by atoms with van der Waals surface area (Å²) in [5.41, 5.74) is 0.943. The lowest BCUT2D eigenvalue weighted by atomic mass is 9.42. The molecule has 26 heavy (non-hydrogen) atoms. The van der Waals surface area contributed by atoms with Gasteiger partial charge < -0.3 is 5.11 Å². The number of carbonyl (C=O) groups is 1. The van der Waals surface area contributed by atoms with E-state index >= 15 is 0 Å². The first-order chi connectivity index (χ1) is 12.2. The van der Waals surface area contributed by atoms with Crippen molar-refractivity contribution >= 4 is 40.0 Å². The van der Waals surface area contributed by atoms with Crippen LogP contribution >= 0.6 is 34.2 Å². The Hall–Kier alpha value is 0.390. The lowest BCUT2D eigenvalue weighted by Gasteiger charge is -2.63. The molecule has 3 saturated carbocycles. The van der Waals surface area contributed by atoms with E-state index in [0.29, 0.717) is 47.7 Å². The highest BCUT2D eigenvalue weighted by molar-refractivity contribution is 14.1. The van der Waals surface area contributed by atoms with Crippen molar-refractivity contribution in [3.63, 3.8) is 0 Å². The van der Waals surface area contributed by atoms with Crippen molar-refractivity contribution in [3.8, 4) is 0 Å². The summed E-state index contributed by atoms with van der Waals surface area (Å²) in [4.78, 5) is 12.1. The van der Waals surface area contributed by atoms with E-state index in [2.05, 4.69) is 43.4 Å². The zero-order valence-corrected chi connectivity index (χ0v) is 19.1. The summed E-state index contributed by atoms with van der Waals surface area (Å²) < 4.78 is 1.02. The summed E-state index contributed by atoms with van der Waals surface area (Å²) in [5, 5.41) is 11.4. The van der Waals surface area contributed by atoms with Crippen LogP contribution in [0.3, 0.4) is 0 Å². The monoisotopic (exact) mass is 490 g/mol. The number of carbonyl (C=O) groups excluding carboxylic acids is 1. The second-order valence-electron chi connectivity index (χ2n) is 10.2. The summed E-state index contributed by atoms with van der Waals surface area (Å²) in [6.45, 7) is 6.88. The Balaban J connectivity index is 1.83. The minimum atomic E-state index is -0.576. The summed E-state index contributed by atoms with van der Waals surface area (Å²) in [6.07, 6.45) is 7.81. The van der Waals surface area contributed by atoms with E-state index in [1.807, 2.05) is 6.08 Å². The normalized spacial score (nSPS) is 53.5. The molecule has 0 aromatic rings. The Bertz CT molecular complexity index is 644. The third-order valence-electron chi connectivity index (χ3n) is 9.07. The van der Waals surface area contributed by atoms with Gasteiger partial charge in [-0.3, -0.25) is 4.79 Å². The van der Waals surface area contributed by atoms with Crippen molar-refractivity contribution in [2.75, 3.05) is 10.3 Å². The van der Waals surface area contributed by atoms with Crippen molar-refractivity contribution < 1.29 is 9.90 Å². The molecule has 0 bridgehead atoms. The fourth-order valence-corrected chi connectivity index (χ4v) is 9.73. The van der Waals surface area contributed by atoms with Crippen LogP contribution in [0.15, 0.2) is 11.6 Å². The van der Waals surface area contributed by atoms with Gasteiger partial charge in [0.1, 0.15) is 0 Å². The van der Waals surface area contributed by atoms with Gasteiger partial charge in [-0.25, -0.2) is 0 Å². The van der Waals surface area contributed by atoms with Gasteiger partial charge in [0.05, 0.1) is 5.60 Å². The number of rotatable bonds is 2. The Morgan fingerprint density at radius 3 is 2.73 bits per heavy atom. The van der Waals surface area contributed by atoms with Crippen LogP contribution in [0, 0.1) is 40.4 Å². The molecule has 0 aliphatic heterocycles. The van der Waals surface area contributed by atoms with Gasteiger partial charge >= 0.3 is 0 Å². The molecule has 3 fully saturated rings. The molecule has 0 heterocycles. The summed E-state index contributed by atoms with van der Waals surface area (Å²) in [6, 6.07) is 0. The van der Waals surface area contributed by atoms with Gasteiger partial charge in [-0.1, -0.05) is 42.0 Å². The van der Waals surface area contributed by atoms with Gasteiger partial charge in [0.15, 0.2) is 5.78 Å². The Labute approximate surface area is 176 Å². The Kier molecular flexibility index (Phi) is 4.89. The smallest absolute Gasteiger partial charge is 0.155 e. The molecular formula is C22H32ClIO2. The number of halogens is 2. The van der Waals surface area contributed by atoms with E-state index in [9.17, 15) is 9.90 Å². The van der Waals surface area contributed by atoms with Gasteiger partial charge in [-0.2, -0.15) is 0 Å². The van der Waals surface area contributed by atoms with E-state index in [0.717, 1.165) is 36.5 Å². The summed E-state index contributed by atoms with van der Waals surface area (Å²) >= 11 is 9.12. The van der Waals surface area contributed by atoms with Crippen LogP contribution in [0.25, 0.3) is 0 Å². The van der Waals surface area contributed by atoms with E-state index in [-0.39, 0.29) is 10.8 Å². The maximum absolute atomic E-state index is 12.1. The Morgan fingerprint density at radius 2 is 2.08 bits per heavy atom. The van der Waals surface area contributed by atoms with Crippen LogP contribution in [0.1, 0.15) is 59.3 Å². The summed E-state index contributed by atoms with van der Waals surface area (Å²) in [5.74, 6) is 3.74. The van der Waals surface area contributed by atoms with E-state index in [4.69, 9.17) is 11.6 Å². The number of aliphatic hydroxyl groups is 1. The lowest BCUT2D eigenvalue weighted by molar-refractivity contribution is -0.147. The van der Waals surface area contributed by atoms with Crippen molar-refractivity contribution in [2.45, 2.75) is 64.9 Å². The number of hydrogen-bond acceptors (Lipinski definition) is 2. The van der Waals surface area contributed by atoms with Crippen LogP contribution in [0.5, 0.6) is 0 Å². The van der Waals surface area contributed by atoms with Gasteiger partial charge in [0.25, 0.3) is 0 Å². The van der Waals surface area contributed by atoms with Crippen LogP contribution in [-0.4, -0.2) is 26.8 Å². The molecule has 8 atom stereocenters. The third kappa shape index (κ3) is 2.48. The first kappa shape index (κ1) is 19.7. The molecule has 4 aliphatic rings. The fraction of sp³-hybridized carbons (Fsp3) is 0.864. The number of hydrogen-bond donors (Lipinski definition) is 1. The summed E-state index contributed by atoms with van der Waals surface area (Å²) in [7, 11) is 0. The van der Waals surface area contributed by atoms with Gasteiger partial charge in [0, 0.05) is 22.1 Å². The number of fused-ring (bicyclic) bond motifs is 5. The SMILES string of the molecule is CC1CC2=CC(=O)CC[C@]2(C)[C@H]2C(CCl)C[C@@]3(CI)[C@@H](CC[C@]3(C)O)[C@H]12. The molecule has 0 amide bonds. The number of ketones is 1. The van der Waals surface area contributed by atoms with Gasteiger partial charge in [0.2, 0.25) is 0 Å². The number of allylic oxidation sites excluding steroid dienone is 1. The lowest BCUT2D eigenvalue weighted by Crippen LogP contribution is -2.61. The highest BCUT2D eigenvalue weighted by Gasteiger charge is 2.67. The topological polar surface area (TPSA) is 37.3 Å². The molecule has 4 aliphatic carbocycles. The van der Waals surface area contributed by atoms with Crippen LogP contribution in [0.4, 0.5) is 0 Å². The maximum Gasteiger partial charge on any atom is 0.155 e. The van der Waals surface area contributed by atoms with Crippen LogP contribution in [-0.2, 0) is 4.79 Å². The molecule has 4 heteroatoms. The molecule has 2 nitrogen and oxygen atoms in total. The van der Waals surface area contributed by atoms with Gasteiger partial charge in [-0.05, 0) is 80.1 Å². The third-order valence-corrected chi connectivity index (χ3v) is 10.8. The quantitative estimate of drug-likeness (QED) is 0.416. The largest absolute Gasteiger partial charge is 0.390 e. The minimum absolute atomic E-state index is 0.00457. The second-order valence-corrected chi connectivity index (χ2v) is 11.2. The standard InChI is InChI=1S/C22H32ClIO2/c1-13-8-15-9-16(25)4-6-20(15,2)19-14(11-23)10-22(12-24)17(18(13)19)5-7-21(22,3)26/h9,13-14,17-19,26H,4-8,10-12H2,1-3H3/t13?,14?,17-,18-,19-,20-,21-,22+/m0/s1. The molecule has 146 valence electrons. The van der Waals surface area contributed by atoms with E-state index in [1.54, 1.807) is 0 Å². The van der Waals surface area contributed by atoms with Gasteiger partial charge in [-0.15, -0.1) is 11.6 Å². The number of alkyl halides is 2. The first-order valence-electron chi connectivity index (χ1n) is 10.3. The highest BCUT2D eigenvalue weighted by Crippen LogP contribution is 2.70. The Morgan fingerprint density at radius 1 is 1.35 bits per heavy atom. The molecule has 2 unspecified atom stereocenters. The highest BCUT2D eigenvalue weighted by atomic mass is 127.